The Morgan fingerprint density at radius 1 is 0.364 bits per heavy atom. The molecule has 4 heteroatoms. The molecule has 0 amide bonds. The Kier molecular flexibility index (Phi) is 7.79. The maximum atomic E-state index is 16.9. The molecule has 1 heterocycles. The molecule has 308 valence electrons. The average Bonchev–Trinajstić information content (AvgIpc) is 3.85. The summed E-state index contributed by atoms with van der Waals surface area (Å²) >= 11 is 0. The van der Waals surface area contributed by atoms with Gasteiger partial charge in [-0.1, -0.05) is 176 Å². The van der Waals surface area contributed by atoms with E-state index in [9.17, 15) is 0 Å². The Bertz CT molecular complexity index is 3890. The summed E-state index contributed by atoms with van der Waals surface area (Å²) in [5.41, 5.74) is 13.6. The minimum atomic E-state index is -0.542. The maximum Gasteiger partial charge on any atom is 0.147 e. The summed E-state index contributed by atoms with van der Waals surface area (Å²) in [7, 11) is 0. The van der Waals surface area contributed by atoms with Crippen molar-refractivity contribution < 1.29 is 4.39 Å². The van der Waals surface area contributed by atoms with Crippen molar-refractivity contribution in [3.05, 3.63) is 259 Å². The molecule has 66 heavy (non-hydrogen) atoms. The molecule has 0 fully saturated rings. The lowest BCUT2D eigenvalue weighted by molar-refractivity contribution is 0.629. The molecule has 0 saturated carbocycles. The van der Waals surface area contributed by atoms with E-state index in [1.807, 2.05) is 18.3 Å². The van der Waals surface area contributed by atoms with Crippen molar-refractivity contribution in [2.45, 2.75) is 5.41 Å². The number of benzene rings is 11. The number of hydrogen-bond donors (Lipinski definition) is 0. The molecule has 3 nitrogen and oxygen atoms in total. The zero-order chi connectivity index (χ0) is 43.5. The second-order valence-electron chi connectivity index (χ2n) is 17.5. The molecule has 0 aliphatic heterocycles. The fraction of sp³-hybridized carbons (Fsp3) is 0.0161. The van der Waals surface area contributed by atoms with Crippen LogP contribution >= 0.6 is 0 Å². The molecule has 1 spiro atoms. The van der Waals surface area contributed by atoms with E-state index in [2.05, 4.69) is 210 Å². The highest BCUT2D eigenvalue weighted by Crippen LogP contribution is 2.65. The SMILES string of the molecule is Fc1ccccc1N(c1cccc2c1-c1ccccc1C21c2ccccc2-c2ccccc21)c1ccc2ccc3c(N(c4ccccc4)c4cc5ccccc5cn4)ccc4ccc1c2c43. The number of nitrogens with zero attached hydrogens (tertiary/aromatic N) is 3. The van der Waals surface area contributed by atoms with Gasteiger partial charge in [0.25, 0.3) is 0 Å². The smallest absolute Gasteiger partial charge is 0.147 e. The van der Waals surface area contributed by atoms with Crippen LogP contribution in [0.25, 0.3) is 65.3 Å². The molecule has 2 aliphatic rings. The summed E-state index contributed by atoms with van der Waals surface area (Å²) in [6.45, 7) is 0. The largest absolute Gasteiger partial charge is 0.306 e. The normalized spacial score (nSPS) is 13.0. The Balaban J connectivity index is 1.04. The van der Waals surface area contributed by atoms with E-state index in [4.69, 9.17) is 4.98 Å². The van der Waals surface area contributed by atoms with E-state index in [1.54, 1.807) is 12.1 Å². The van der Waals surface area contributed by atoms with E-state index < -0.39 is 5.41 Å². The standard InChI is InChI=1S/C62H38FN3/c63-53-26-12-13-27-56(53)66(57-28-14-25-52-61(57)46-21-8-11-24-51(46)62(52)49-22-9-6-19-44(49)45-20-7-10-23-50(45)62)55-36-32-40-29-33-47-54(35-31-39-30-34-48(55)60(40)59(39)47)65(43-17-2-1-3-18-43)58-37-41-15-4-5-16-42(41)38-64-58/h1-38H. The van der Waals surface area contributed by atoms with Gasteiger partial charge in [-0.15, -0.1) is 0 Å². The summed E-state index contributed by atoms with van der Waals surface area (Å²) in [6, 6.07) is 79.2. The fourth-order valence-electron chi connectivity index (χ4n) is 11.7. The van der Waals surface area contributed by atoms with Crippen molar-refractivity contribution in [3.8, 4) is 22.3 Å². The average molecular weight is 844 g/mol. The Morgan fingerprint density at radius 2 is 0.879 bits per heavy atom. The number of fused-ring (bicyclic) bond motifs is 11. The summed E-state index contributed by atoms with van der Waals surface area (Å²) in [5.74, 6) is 0.548. The van der Waals surface area contributed by atoms with Crippen molar-refractivity contribution in [2.75, 3.05) is 9.80 Å². The molecule has 0 bridgehead atoms. The van der Waals surface area contributed by atoms with Gasteiger partial charge in [-0.3, -0.25) is 4.90 Å². The molecule has 11 aromatic carbocycles. The van der Waals surface area contributed by atoms with E-state index >= 15 is 4.39 Å². The Morgan fingerprint density at radius 3 is 1.56 bits per heavy atom. The number of halogens is 1. The number of para-hydroxylation sites is 2. The van der Waals surface area contributed by atoms with Gasteiger partial charge < -0.3 is 4.90 Å². The highest BCUT2D eigenvalue weighted by molar-refractivity contribution is 6.28. The second-order valence-corrected chi connectivity index (χ2v) is 17.5. The first kappa shape index (κ1) is 36.8. The van der Waals surface area contributed by atoms with Crippen LogP contribution in [0, 0.1) is 5.82 Å². The Hall–Kier alpha value is -8.60. The van der Waals surface area contributed by atoms with Crippen LogP contribution in [0.3, 0.4) is 0 Å². The zero-order valence-corrected chi connectivity index (χ0v) is 35.7. The third kappa shape index (κ3) is 4.98. The van der Waals surface area contributed by atoms with E-state index in [0.717, 1.165) is 82.8 Å². The van der Waals surface area contributed by atoms with Crippen molar-refractivity contribution in [3.63, 3.8) is 0 Å². The van der Waals surface area contributed by atoms with Gasteiger partial charge in [0, 0.05) is 33.6 Å². The first-order valence-corrected chi connectivity index (χ1v) is 22.6. The van der Waals surface area contributed by atoms with Crippen molar-refractivity contribution in [2.24, 2.45) is 0 Å². The van der Waals surface area contributed by atoms with Crippen LogP contribution in [0.5, 0.6) is 0 Å². The predicted octanol–water partition coefficient (Wildman–Crippen LogP) is 16.6. The molecule has 0 atom stereocenters. The summed E-state index contributed by atoms with van der Waals surface area (Å²) in [6.07, 6.45) is 1.96. The molecular formula is C62H38FN3. The third-order valence-corrected chi connectivity index (χ3v) is 14.3. The number of rotatable bonds is 6. The van der Waals surface area contributed by atoms with Gasteiger partial charge in [0.1, 0.15) is 11.6 Å². The zero-order valence-electron chi connectivity index (χ0n) is 35.7. The highest BCUT2D eigenvalue weighted by atomic mass is 19.1. The lowest BCUT2D eigenvalue weighted by Gasteiger charge is -2.32. The van der Waals surface area contributed by atoms with Crippen LogP contribution in [-0.4, -0.2) is 4.98 Å². The molecule has 2 aliphatic carbocycles. The third-order valence-electron chi connectivity index (χ3n) is 14.3. The van der Waals surface area contributed by atoms with Gasteiger partial charge >= 0.3 is 0 Å². The van der Waals surface area contributed by atoms with Gasteiger partial charge in [-0.05, 0) is 114 Å². The van der Waals surface area contributed by atoms with Crippen LogP contribution < -0.4 is 9.80 Å². The maximum absolute atomic E-state index is 16.9. The van der Waals surface area contributed by atoms with Crippen LogP contribution in [-0.2, 0) is 5.41 Å². The van der Waals surface area contributed by atoms with Crippen LogP contribution in [0.1, 0.15) is 22.3 Å². The molecule has 0 N–H and O–H groups in total. The lowest BCUT2D eigenvalue weighted by atomic mass is 9.70. The molecular weight excluding hydrogens is 806 g/mol. The van der Waals surface area contributed by atoms with Gasteiger partial charge in [0.2, 0.25) is 0 Å². The van der Waals surface area contributed by atoms with Crippen molar-refractivity contribution >= 4 is 77.3 Å². The quantitative estimate of drug-likeness (QED) is 0.155. The minimum Gasteiger partial charge on any atom is -0.306 e. The number of anilines is 6. The van der Waals surface area contributed by atoms with E-state index in [0.29, 0.717) is 5.69 Å². The monoisotopic (exact) mass is 843 g/mol. The van der Waals surface area contributed by atoms with E-state index in [-0.39, 0.29) is 5.82 Å². The van der Waals surface area contributed by atoms with Gasteiger partial charge in [0.15, 0.2) is 0 Å². The fourth-order valence-corrected chi connectivity index (χ4v) is 11.7. The lowest BCUT2D eigenvalue weighted by Crippen LogP contribution is -2.26. The van der Waals surface area contributed by atoms with Crippen LogP contribution in [0.4, 0.5) is 38.6 Å². The molecule has 0 unspecified atom stereocenters. The number of pyridine rings is 1. The van der Waals surface area contributed by atoms with E-state index in [1.165, 1.54) is 33.4 Å². The molecule has 0 saturated heterocycles. The summed E-state index contributed by atoms with van der Waals surface area (Å²) < 4.78 is 16.9. The number of aromatic nitrogens is 1. The summed E-state index contributed by atoms with van der Waals surface area (Å²) in [5, 5.41) is 8.91. The topological polar surface area (TPSA) is 19.4 Å². The highest BCUT2D eigenvalue weighted by Gasteiger charge is 2.52. The molecule has 14 rings (SSSR count). The minimum absolute atomic E-state index is 0.290. The Labute approximate surface area is 381 Å². The second kappa shape index (κ2) is 13.9. The summed E-state index contributed by atoms with van der Waals surface area (Å²) in [4.78, 5) is 9.51. The first-order chi connectivity index (χ1) is 32.7. The predicted molar refractivity (Wildman–Crippen MR) is 271 cm³/mol. The van der Waals surface area contributed by atoms with Gasteiger partial charge in [0.05, 0.1) is 28.2 Å². The number of hydrogen-bond acceptors (Lipinski definition) is 3. The molecule has 0 radical (unpaired) electrons. The van der Waals surface area contributed by atoms with Crippen LogP contribution in [0.15, 0.2) is 231 Å². The van der Waals surface area contributed by atoms with Crippen molar-refractivity contribution in [1.82, 2.24) is 4.98 Å². The van der Waals surface area contributed by atoms with Gasteiger partial charge in [-0.25, -0.2) is 9.37 Å². The van der Waals surface area contributed by atoms with Crippen LogP contribution in [0.2, 0.25) is 0 Å². The molecule has 1 aromatic heterocycles. The first-order valence-electron chi connectivity index (χ1n) is 22.6. The molecule has 12 aromatic rings. The van der Waals surface area contributed by atoms with Crippen molar-refractivity contribution in [1.29, 1.82) is 0 Å². The van der Waals surface area contributed by atoms with Gasteiger partial charge in [-0.2, -0.15) is 0 Å².